The molecule has 0 radical (unpaired) electrons. The largest absolute Gasteiger partial charge is 0.397 e. The van der Waals surface area contributed by atoms with E-state index in [1.54, 1.807) is 18.5 Å². The Morgan fingerprint density at radius 3 is 2.68 bits per heavy atom. The topological polar surface area (TPSA) is 98.1 Å². The summed E-state index contributed by atoms with van der Waals surface area (Å²) >= 11 is 0. The highest BCUT2D eigenvalue weighted by Gasteiger charge is 2.22. The van der Waals surface area contributed by atoms with E-state index in [1.165, 1.54) is 0 Å². The Kier molecular flexibility index (Phi) is 6.00. The van der Waals surface area contributed by atoms with Crippen LogP contribution in [-0.4, -0.2) is 34.9 Å². The number of nitrogen functional groups attached to an aromatic ring is 1. The summed E-state index contributed by atoms with van der Waals surface area (Å²) in [7, 11) is 0. The van der Waals surface area contributed by atoms with E-state index in [0.29, 0.717) is 11.4 Å². The van der Waals surface area contributed by atoms with E-state index in [0.717, 1.165) is 59.6 Å². The van der Waals surface area contributed by atoms with Crippen LogP contribution in [0.2, 0.25) is 0 Å². The predicted octanol–water partition coefficient (Wildman–Crippen LogP) is 3.70. The van der Waals surface area contributed by atoms with Gasteiger partial charge in [-0.1, -0.05) is 18.2 Å². The van der Waals surface area contributed by atoms with Gasteiger partial charge in [0.1, 0.15) is 5.69 Å². The molecule has 0 unspecified atom stereocenters. The molecular weight excluding hydrogens is 386 g/mol. The Hall–Kier alpha value is -3.25. The van der Waals surface area contributed by atoms with E-state index in [1.807, 2.05) is 44.2 Å². The molecule has 3 aromatic rings. The van der Waals surface area contributed by atoms with Gasteiger partial charge in [-0.2, -0.15) is 0 Å². The molecule has 1 fully saturated rings. The van der Waals surface area contributed by atoms with Crippen molar-refractivity contribution in [1.82, 2.24) is 9.97 Å². The first kappa shape index (κ1) is 21.0. The summed E-state index contributed by atoms with van der Waals surface area (Å²) in [4.78, 5) is 24.5. The maximum atomic E-state index is 13.3. The molecule has 1 aromatic carbocycles. The van der Waals surface area contributed by atoms with Gasteiger partial charge in [-0.25, -0.2) is 4.98 Å². The van der Waals surface area contributed by atoms with Crippen molar-refractivity contribution in [2.24, 2.45) is 5.73 Å². The number of pyridine rings is 2. The van der Waals surface area contributed by atoms with Gasteiger partial charge in [-0.15, -0.1) is 0 Å². The number of anilines is 2. The normalized spacial score (nSPS) is 16.4. The minimum atomic E-state index is -0.110. The summed E-state index contributed by atoms with van der Waals surface area (Å²) in [5.74, 6) is -0.110. The molecule has 0 saturated carbocycles. The van der Waals surface area contributed by atoms with E-state index < -0.39 is 0 Å². The quantitative estimate of drug-likeness (QED) is 0.617. The summed E-state index contributed by atoms with van der Waals surface area (Å²) in [6.45, 7) is 5.81. The number of nitrogens with two attached hydrogens (primary N) is 2. The molecular formula is C25H29N5O. The second kappa shape index (κ2) is 8.86. The monoisotopic (exact) mass is 415 g/mol. The van der Waals surface area contributed by atoms with Crippen LogP contribution in [0.4, 0.5) is 11.4 Å². The van der Waals surface area contributed by atoms with Crippen LogP contribution >= 0.6 is 0 Å². The average molecular weight is 416 g/mol. The first-order chi connectivity index (χ1) is 14.9. The van der Waals surface area contributed by atoms with Crippen molar-refractivity contribution >= 4 is 17.2 Å². The van der Waals surface area contributed by atoms with Crippen molar-refractivity contribution < 1.29 is 4.79 Å². The third-order valence-electron chi connectivity index (χ3n) is 5.96. The molecule has 4 N–H and O–H groups in total. The number of hydrogen-bond donors (Lipinski definition) is 2. The third kappa shape index (κ3) is 4.44. The number of piperidine rings is 1. The molecule has 0 amide bonds. The minimum Gasteiger partial charge on any atom is -0.397 e. The molecule has 2 aromatic heterocycles. The van der Waals surface area contributed by atoms with Crippen molar-refractivity contribution in [3.63, 3.8) is 0 Å². The van der Waals surface area contributed by atoms with Crippen LogP contribution < -0.4 is 16.4 Å². The lowest BCUT2D eigenvalue weighted by molar-refractivity contribution is 0.0989. The SMILES string of the molecule is Cc1cccc(C)c1-c1ccc(N)c(C(=O)Cc2cnccc2N2CCC[C@H](N)C2)n1. The van der Waals surface area contributed by atoms with E-state index in [2.05, 4.69) is 14.9 Å². The molecule has 31 heavy (non-hydrogen) atoms. The molecule has 6 heteroatoms. The average Bonchev–Trinajstić information content (AvgIpc) is 2.75. The fourth-order valence-electron chi connectivity index (χ4n) is 4.40. The minimum absolute atomic E-state index is 0.110. The first-order valence-corrected chi connectivity index (χ1v) is 10.7. The fourth-order valence-corrected chi connectivity index (χ4v) is 4.40. The molecule has 160 valence electrons. The molecule has 4 rings (SSSR count). The second-order valence-corrected chi connectivity index (χ2v) is 8.35. The lowest BCUT2D eigenvalue weighted by atomic mass is 9.98. The zero-order valence-corrected chi connectivity index (χ0v) is 18.1. The van der Waals surface area contributed by atoms with Gasteiger partial charge in [0.2, 0.25) is 0 Å². The van der Waals surface area contributed by atoms with Crippen molar-refractivity contribution in [3.8, 4) is 11.3 Å². The smallest absolute Gasteiger partial charge is 0.187 e. The standard InChI is InChI=1S/C25H29N5O/c1-16-5-3-6-17(2)24(16)21-9-8-20(27)25(29-21)23(31)13-18-14-28-11-10-22(18)30-12-4-7-19(26)15-30/h3,5-6,8-11,14,19H,4,7,12-13,15,26-27H2,1-2H3/t19-/m0/s1. The van der Waals surface area contributed by atoms with Gasteiger partial charge < -0.3 is 16.4 Å². The molecule has 0 spiro atoms. The summed E-state index contributed by atoms with van der Waals surface area (Å²) < 4.78 is 0. The Bertz CT molecular complexity index is 1090. The number of carbonyl (C=O) groups is 1. The zero-order chi connectivity index (χ0) is 22.0. The number of Topliss-reactive ketones (excluding diaryl/α,β-unsaturated/α-hetero) is 1. The Morgan fingerprint density at radius 2 is 1.94 bits per heavy atom. The number of benzene rings is 1. The molecule has 1 atom stereocenters. The molecule has 1 aliphatic heterocycles. The highest BCUT2D eigenvalue weighted by Crippen LogP contribution is 2.29. The second-order valence-electron chi connectivity index (χ2n) is 8.35. The highest BCUT2D eigenvalue weighted by molar-refractivity contribution is 6.01. The van der Waals surface area contributed by atoms with Gasteiger partial charge in [-0.3, -0.25) is 9.78 Å². The summed E-state index contributed by atoms with van der Waals surface area (Å²) in [6, 6.07) is 11.9. The lowest BCUT2D eigenvalue weighted by Crippen LogP contribution is -2.43. The molecule has 3 heterocycles. The van der Waals surface area contributed by atoms with E-state index >= 15 is 0 Å². The Balaban J connectivity index is 1.65. The van der Waals surface area contributed by atoms with Gasteiger partial charge in [0.15, 0.2) is 5.78 Å². The molecule has 0 bridgehead atoms. The summed E-state index contributed by atoms with van der Waals surface area (Å²) in [5.41, 5.74) is 19.0. The van der Waals surface area contributed by atoms with Gasteiger partial charge in [0.25, 0.3) is 0 Å². The number of aryl methyl sites for hydroxylation is 2. The number of ketones is 1. The molecule has 1 saturated heterocycles. The lowest BCUT2D eigenvalue weighted by Gasteiger charge is -2.33. The number of nitrogens with zero attached hydrogens (tertiary/aromatic N) is 3. The van der Waals surface area contributed by atoms with E-state index in [4.69, 9.17) is 11.5 Å². The van der Waals surface area contributed by atoms with Crippen molar-refractivity contribution in [1.29, 1.82) is 0 Å². The number of aromatic nitrogens is 2. The maximum Gasteiger partial charge on any atom is 0.187 e. The highest BCUT2D eigenvalue weighted by atomic mass is 16.1. The molecule has 0 aliphatic carbocycles. The molecule has 1 aliphatic rings. The van der Waals surface area contributed by atoms with Crippen LogP contribution in [-0.2, 0) is 6.42 Å². The predicted molar refractivity (Wildman–Crippen MR) is 125 cm³/mol. The van der Waals surface area contributed by atoms with Crippen LogP contribution in [0, 0.1) is 13.8 Å². The van der Waals surface area contributed by atoms with Gasteiger partial charge in [-0.05, 0) is 56.0 Å². The number of rotatable bonds is 5. The summed E-state index contributed by atoms with van der Waals surface area (Å²) in [6.07, 6.45) is 5.80. The van der Waals surface area contributed by atoms with Crippen LogP contribution in [0.15, 0.2) is 48.8 Å². The van der Waals surface area contributed by atoms with Crippen molar-refractivity contribution in [2.75, 3.05) is 23.7 Å². The van der Waals surface area contributed by atoms with Crippen LogP contribution in [0.5, 0.6) is 0 Å². The Labute approximate surface area is 183 Å². The van der Waals surface area contributed by atoms with Crippen molar-refractivity contribution in [3.05, 3.63) is 71.2 Å². The van der Waals surface area contributed by atoms with E-state index in [9.17, 15) is 4.79 Å². The fraction of sp³-hybridized carbons (Fsp3) is 0.320. The number of carbonyl (C=O) groups excluding carboxylic acids is 1. The van der Waals surface area contributed by atoms with Crippen LogP contribution in [0.3, 0.4) is 0 Å². The third-order valence-corrected chi connectivity index (χ3v) is 5.96. The first-order valence-electron chi connectivity index (χ1n) is 10.7. The molecule has 6 nitrogen and oxygen atoms in total. The maximum absolute atomic E-state index is 13.3. The van der Waals surface area contributed by atoms with Crippen LogP contribution in [0.1, 0.15) is 40.0 Å². The van der Waals surface area contributed by atoms with Gasteiger partial charge in [0, 0.05) is 54.8 Å². The zero-order valence-electron chi connectivity index (χ0n) is 18.1. The Morgan fingerprint density at radius 1 is 1.16 bits per heavy atom. The van der Waals surface area contributed by atoms with E-state index in [-0.39, 0.29) is 18.2 Å². The summed E-state index contributed by atoms with van der Waals surface area (Å²) in [5, 5.41) is 0. The number of hydrogen-bond acceptors (Lipinski definition) is 6. The van der Waals surface area contributed by atoms with Gasteiger partial charge in [0.05, 0.1) is 11.4 Å². The van der Waals surface area contributed by atoms with Gasteiger partial charge >= 0.3 is 0 Å². The van der Waals surface area contributed by atoms with Crippen LogP contribution in [0.25, 0.3) is 11.3 Å². The van der Waals surface area contributed by atoms with Crippen molar-refractivity contribution in [2.45, 2.75) is 39.2 Å².